The summed E-state index contributed by atoms with van der Waals surface area (Å²) in [5.41, 5.74) is 8.48. The van der Waals surface area contributed by atoms with Crippen LogP contribution in [0.4, 0.5) is 0 Å². The number of hydrogen-bond acceptors (Lipinski definition) is 11. The molecule has 0 amide bonds. The molecule has 0 atom stereocenters. The molecule has 0 saturated heterocycles. The van der Waals surface area contributed by atoms with Gasteiger partial charge in [0.1, 0.15) is 49.4 Å². The number of benzene rings is 4. The third kappa shape index (κ3) is 12.2. The van der Waals surface area contributed by atoms with Gasteiger partial charge in [-0.2, -0.15) is 0 Å². The predicted molar refractivity (Wildman–Crippen MR) is 215 cm³/mol. The molecule has 57 heavy (non-hydrogen) atoms. The highest BCUT2D eigenvalue weighted by Crippen LogP contribution is 2.39. The van der Waals surface area contributed by atoms with E-state index in [1.54, 1.807) is 0 Å². The average molecular weight is 785 g/mol. The van der Waals surface area contributed by atoms with Crippen molar-refractivity contribution in [2.75, 3.05) is 119 Å². The zero-order chi connectivity index (χ0) is 38.7. The first kappa shape index (κ1) is 41.0. The molecule has 12 bridgehead atoms. The zero-order valence-corrected chi connectivity index (χ0v) is 33.0. The minimum atomic E-state index is 0.385. The van der Waals surface area contributed by atoms with Crippen LogP contribution in [0.2, 0.25) is 0 Å². The fourth-order valence-electron chi connectivity index (χ4n) is 7.34. The number of para-hydroxylation sites is 4. The van der Waals surface area contributed by atoms with Crippen molar-refractivity contribution in [3.8, 4) is 23.0 Å². The maximum Gasteiger partial charge on any atom is 0.126 e. The van der Waals surface area contributed by atoms with Crippen molar-refractivity contribution in [3.63, 3.8) is 0 Å². The maximum absolute atomic E-state index is 6.69. The third-order valence-electron chi connectivity index (χ3n) is 9.99. The monoisotopic (exact) mass is 784 g/mol. The highest BCUT2D eigenvalue weighted by Gasteiger charge is 2.22. The fourth-order valence-corrected chi connectivity index (χ4v) is 7.34. The van der Waals surface area contributed by atoms with Crippen molar-refractivity contribution in [2.45, 2.75) is 25.7 Å². The molecule has 11 nitrogen and oxygen atoms in total. The molecular formula is C46H56O11. The molecule has 0 saturated carbocycles. The zero-order valence-electron chi connectivity index (χ0n) is 33.0. The van der Waals surface area contributed by atoms with E-state index in [4.69, 9.17) is 52.1 Å². The van der Waals surface area contributed by atoms with Crippen LogP contribution in [0, 0.1) is 0 Å². The summed E-state index contributed by atoms with van der Waals surface area (Å²) >= 11 is 0. The van der Waals surface area contributed by atoms with Crippen molar-refractivity contribution in [2.24, 2.45) is 0 Å². The number of rotatable bonds is 0. The first-order valence-corrected chi connectivity index (χ1v) is 20.3. The molecule has 4 aromatic rings. The Balaban J connectivity index is 1.35. The quantitative estimate of drug-likeness (QED) is 0.184. The summed E-state index contributed by atoms with van der Waals surface area (Å²) in [6.45, 7) is 8.01. The van der Waals surface area contributed by atoms with Gasteiger partial charge in [-0.15, -0.1) is 0 Å². The van der Waals surface area contributed by atoms with Crippen LogP contribution in [0.5, 0.6) is 23.0 Å². The second-order valence-electron chi connectivity index (χ2n) is 14.0. The Labute approximate surface area is 336 Å². The summed E-state index contributed by atoms with van der Waals surface area (Å²) in [6, 6.07) is 25.6. The topological polar surface area (TPSA) is 102 Å². The van der Waals surface area contributed by atoms with Gasteiger partial charge >= 0.3 is 0 Å². The van der Waals surface area contributed by atoms with Crippen molar-refractivity contribution in [1.29, 1.82) is 0 Å². The summed E-state index contributed by atoms with van der Waals surface area (Å²) in [7, 11) is 0. The molecule has 0 fully saturated rings. The normalized spacial score (nSPS) is 18.8. The molecule has 7 rings (SSSR count). The summed E-state index contributed by atoms with van der Waals surface area (Å²) in [4.78, 5) is 0. The molecule has 0 radical (unpaired) electrons. The SMILES string of the molecule is c1cc2c3c(c1)Cc1cccc4c1OCCOCCOCCOCCOc1c(cccc1Cc1cccc(c1OCCOCCOCCOCCOCCO3)C4)C2. The van der Waals surface area contributed by atoms with Crippen molar-refractivity contribution in [1.82, 2.24) is 0 Å². The Morgan fingerprint density at radius 2 is 0.368 bits per heavy atom. The predicted octanol–water partition coefficient (Wildman–Crippen LogP) is 6.02. The largest absolute Gasteiger partial charge is 0.491 e. The van der Waals surface area contributed by atoms with E-state index in [0.717, 1.165) is 67.5 Å². The molecule has 0 unspecified atom stereocenters. The minimum Gasteiger partial charge on any atom is -0.491 e. The summed E-state index contributed by atoms with van der Waals surface area (Å²) in [5.74, 6) is 3.37. The first-order valence-electron chi connectivity index (χ1n) is 20.3. The molecule has 1 aliphatic carbocycles. The minimum absolute atomic E-state index is 0.385. The Bertz CT molecular complexity index is 1600. The van der Waals surface area contributed by atoms with E-state index in [1.807, 2.05) is 0 Å². The summed E-state index contributed by atoms with van der Waals surface area (Å²) < 4.78 is 67.6. The van der Waals surface area contributed by atoms with Gasteiger partial charge < -0.3 is 52.1 Å². The number of ether oxygens (including phenoxy) is 11. The molecule has 2 aliphatic heterocycles. The van der Waals surface area contributed by atoms with Gasteiger partial charge in [0, 0.05) is 25.7 Å². The van der Waals surface area contributed by atoms with Crippen molar-refractivity contribution < 1.29 is 52.1 Å². The Hall–Kier alpha value is -4.20. The van der Waals surface area contributed by atoms with E-state index >= 15 is 0 Å². The molecule has 11 heteroatoms. The lowest BCUT2D eigenvalue weighted by Gasteiger charge is -2.23. The van der Waals surface area contributed by atoms with Crippen LogP contribution in [0.25, 0.3) is 0 Å². The Morgan fingerprint density at radius 1 is 0.211 bits per heavy atom. The molecule has 306 valence electrons. The highest BCUT2D eigenvalue weighted by molar-refractivity contribution is 5.56. The number of hydrogen-bond donors (Lipinski definition) is 0. The standard InChI is InChI=1S/C46H56O11/c1-5-35-31-39-9-3-11-41-33-37-7-2-8-38-34-42-12-4-10-40(46(42)57-30-26-53-22-18-49-17-21-52-25-29-56-45(39)41)32-36(6-1)43(35)54-27-23-50-19-15-47-13-14-48-16-20-51-24-28-55-44(37)38/h1-12H,13-34H2. The van der Waals surface area contributed by atoms with Crippen LogP contribution in [0.3, 0.4) is 0 Å². The van der Waals surface area contributed by atoms with Crippen molar-refractivity contribution in [3.05, 3.63) is 117 Å². The van der Waals surface area contributed by atoms with Gasteiger partial charge in [0.15, 0.2) is 0 Å². The van der Waals surface area contributed by atoms with Crippen LogP contribution in [0.15, 0.2) is 72.8 Å². The maximum atomic E-state index is 6.69. The van der Waals surface area contributed by atoms with Crippen molar-refractivity contribution >= 4 is 0 Å². The van der Waals surface area contributed by atoms with Crippen LogP contribution >= 0.6 is 0 Å². The molecule has 3 aliphatic rings. The van der Waals surface area contributed by atoms with E-state index in [1.165, 1.54) is 0 Å². The van der Waals surface area contributed by atoms with Gasteiger partial charge in [-0.1, -0.05) is 72.8 Å². The van der Waals surface area contributed by atoms with Crippen LogP contribution in [-0.2, 0) is 58.8 Å². The summed E-state index contributed by atoms with van der Waals surface area (Å²) in [5, 5.41) is 0. The Morgan fingerprint density at radius 3 is 0.544 bits per heavy atom. The second-order valence-corrected chi connectivity index (χ2v) is 14.0. The van der Waals surface area contributed by atoms with E-state index in [2.05, 4.69) is 72.8 Å². The third-order valence-corrected chi connectivity index (χ3v) is 9.99. The van der Waals surface area contributed by atoms with Gasteiger partial charge in [-0.05, 0) is 44.5 Å². The second kappa shape index (κ2) is 22.7. The molecule has 0 spiro atoms. The smallest absolute Gasteiger partial charge is 0.126 e. The van der Waals surface area contributed by atoms with Crippen LogP contribution in [-0.4, -0.2) is 119 Å². The molecule has 4 aromatic carbocycles. The summed E-state index contributed by atoms with van der Waals surface area (Å²) in [6.07, 6.45) is 2.39. The van der Waals surface area contributed by atoms with E-state index < -0.39 is 0 Å². The Kier molecular flexibility index (Phi) is 16.3. The fraction of sp³-hybridized carbons (Fsp3) is 0.478. The molecule has 0 N–H and O–H groups in total. The lowest BCUT2D eigenvalue weighted by Crippen LogP contribution is -2.16. The molecular weight excluding hydrogens is 728 g/mol. The van der Waals surface area contributed by atoms with Gasteiger partial charge in [0.25, 0.3) is 0 Å². The highest BCUT2D eigenvalue weighted by atomic mass is 16.6. The molecule has 2 heterocycles. The van der Waals surface area contributed by atoms with E-state index in [9.17, 15) is 0 Å². The lowest BCUT2D eigenvalue weighted by molar-refractivity contribution is -0.00706. The van der Waals surface area contributed by atoms with Crippen LogP contribution in [0.1, 0.15) is 44.5 Å². The van der Waals surface area contributed by atoms with Crippen LogP contribution < -0.4 is 18.9 Å². The van der Waals surface area contributed by atoms with Gasteiger partial charge in [0.2, 0.25) is 0 Å². The van der Waals surface area contributed by atoms with Gasteiger partial charge in [-0.25, -0.2) is 0 Å². The van der Waals surface area contributed by atoms with E-state index in [0.29, 0.717) is 145 Å². The molecule has 0 aromatic heterocycles. The van der Waals surface area contributed by atoms with Gasteiger partial charge in [0.05, 0.1) is 92.5 Å². The average Bonchev–Trinajstić information content (AvgIpc) is 3.21. The first-order chi connectivity index (χ1) is 28.3. The lowest BCUT2D eigenvalue weighted by atomic mass is 9.91. The van der Waals surface area contributed by atoms with Gasteiger partial charge in [-0.3, -0.25) is 0 Å². The van der Waals surface area contributed by atoms with E-state index in [-0.39, 0.29) is 0 Å².